The minimum atomic E-state index is 0.0665. The first kappa shape index (κ1) is 17.5. The highest BCUT2D eigenvalue weighted by atomic mass is 16.2. The van der Waals surface area contributed by atoms with Crippen molar-refractivity contribution in [3.63, 3.8) is 0 Å². The molecule has 1 saturated heterocycles. The fourth-order valence-electron chi connectivity index (χ4n) is 3.93. The van der Waals surface area contributed by atoms with Crippen LogP contribution in [-0.2, 0) is 0 Å². The lowest BCUT2D eigenvalue weighted by molar-refractivity contribution is 0.0792. The van der Waals surface area contributed by atoms with E-state index in [-0.39, 0.29) is 5.91 Å². The van der Waals surface area contributed by atoms with Crippen LogP contribution in [0.1, 0.15) is 23.2 Å². The van der Waals surface area contributed by atoms with Crippen molar-refractivity contribution in [2.24, 2.45) is 0 Å². The van der Waals surface area contributed by atoms with Crippen LogP contribution >= 0.6 is 0 Å². The molecule has 4 heterocycles. The number of carbonyl (C=O) groups is 1. The van der Waals surface area contributed by atoms with E-state index >= 15 is 0 Å². The van der Waals surface area contributed by atoms with Crippen LogP contribution in [0.25, 0.3) is 33.2 Å². The van der Waals surface area contributed by atoms with Crippen molar-refractivity contribution in [2.75, 3.05) is 13.1 Å². The van der Waals surface area contributed by atoms with Crippen LogP contribution < -0.4 is 0 Å². The second kappa shape index (κ2) is 7.43. The van der Waals surface area contributed by atoms with E-state index in [1.807, 2.05) is 53.7 Å². The minimum Gasteiger partial charge on any atom is -0.339 e. The van der Waals surface area contributed by atoms with Gasteiger partial charge in [-0.05, 0) is 65.9 Å². The van der Waals surface area contributed by atoms with Crippen LogP contribution in [0.4, 0.5) is 0 Å². The summed E-state index contributed by atoms with van der Waals surface area (Å²) in [5.74, 6) is 0.0665. The highest BCUT2D eigenvalue weighted by Gasteiger charge is 2.20. The smallest absolute Gasteiger partial charge is 0.255 e. The highest BCUT2D eigenvalue weighted by molar-refractivity contribution is 5.98. The number of amides is 1. The van der Waals surface area contributed by atoms with Gasteiger partial charge in [0.1, 0.15) is 0 Å². The van der Waals surface area contributed by atoms with Gasteiger partial charge in [-0.15, -0.1) is 0 Å². The second-order valence-electron chi connectivity index (χ2n) is 7.29. The summed E-state index contributed by atoms with van der Waals surface area (Å²) in [4.78, 5) is 27.6. The van der Waals surface area contributed by atoms with Gasteiger partial charge in [-0.25, -0.2) is 0 Å². The number of pyridine rings is 3. The van der Waals surface area contributed by atoms with Crippen LogP contribution in [0, 0.1) is 0 Å². The van der Waals surface area contributed by atoms with Gasteiger partial charge in [0.05, 0.1) is 11.1 Å². The van der Waals surface area contributed by atoms with Gasteiger partial charge < -0.3 is 4.90 Å². The molecule has 0 aliphatic carbocycles. The van der Waals surface area contributed by atoms with Crippen molar-refractivity contribution in [3.8, 4) is 22.3 Å². The molecule has 1 aromatic carbocycles. The van der Waals surface area contributed by atoms with Crippen molar-refractivity contribution in [2.45, 2.75) is 12.8 Å². The van der Waals surface area contributed by atoms with Crippen LogP contribution in [0.15, 0.2) is 73.4 Å². The summed E-state index contributed by atoms with van der Waals surface area (Å²) in [6, 6.07) is 14.1. The predicted molar refractivity (Wildman–Crippen MR) is 113 cm³/mol. The Labute approximate surface area is 169 Å². The van der Waals surface area contributed by atoms with Crippen molar-refractivity contribution < 1.29 is 4.79 Å². The zero-order chi connectivity index (χ0) is 19.6. The summed E-state index contributed by atoms with van der Waals surface area (Å²) in [6.45, 7) is 1.67. The second-order valence-corrected chi connectivity index (χ2v) is 7.29. The third-order valence-electron chi connectivity index (χ3n) is 5.44. The Morgan fingerprint density at radius 3 is 2.45 bits per heavy atom. The molecule has 142 valence electrons. The Kier molecular flexibility index (Phi) is 4.48. The number of aromatic nitrogens is 3. The van der Waals surface area contributed by atoms with E-state index in [4.69, 9.17) is 0 Å². The molecule has 4 aromatic rings. The van der Waals surface area contributed by atoms with Gasteiger partial charge in [0, 0.05) is 55.0 Å². The number of rotatable bonds is 3. The Morgan fingerprint density at radius 1 is 0.793 bits per heavy atom. The van der Waals surface area contributed by atoms with Gasteiger partial charge in [-0.1, -0.05) is 6.07 Å². The van der Waals surface area contributed by atoms with Crippen molar-refractivity contribution in [1.29, 1.82) is 0 Å². The Morgan fingerprint density at radius 2 is 1.62 bits per heavy atom. The summed E-state index contributed by atoms with van der Waals surface area (Å²) < 4.78 is 0. The maximum Gasteiger partial charge on any atom is 0.255 e. The molecule has 1 amide bonds. The minimum absolute atomic E-state index is 0.0665. The van der Waals surface area contributed by atoms with E-state index in [1.165, 1.54) is 0 Å². The van der Waals surface area contributed by atoms with E-state index in [9.17, 15) is 4.79 Å². The van der Waals surface area contributed by atoms with Crippen LogP contribution in [0.5, 0.6) is 0 Å². The molecule has 1 aliphatic rings. The number of nitrogens with zero attached hydrogens (tertiary/aromatic N) is 4. The quantitative estimate of drug-likeness (QED) is 0.521. The van der Waals surface area contributed by atoms with Gasteiger partial charge in [0.2, 0.25) is 0 Å². The van der Waals surface area contributed by atoms with Gasteiger partial charge in [0.25, 0.3) is 5.91 Å². The third-order valence-corrected chi connectivity index (χ3v) is 5.44. The lowest BCUT2D eigenvalue weighted by Gasteiger charge is -2.15. The van der Waals surface area contributed by atoms with Gasteiger partial charge >= 0.3 is 0 Å². The summed E-state index contributed by atoms with van der Waals surface area (Å²) in [6.07, 6.45) is 11.0. The Bertz CT molecular complexity index is 1180. The maximum atomic E-state index is 12.8. The number of likely N-dealkylation sites (tertiary alicyclic amines) is 1. The first-order valence-electron chi connectivity index (χ1n) is 9.83. The average molecular weight is 380 g/mol. The summed E-state index contributed by atoms with van der Waals surface area (Å²) in [5.41, 5.74) is 5.73. The van der Waals surface area contributed by atoms with Crippen molar-refractivity contribution in [1.82, 2.24) is 19.9 Å². The number of hydrogen-bond donors (Lipinski definition) is 0. The molecule has 29 heavy (non-hydrogen) atoms. The monoisotopic (exact) mass is 380 g/mol. The van der Waals surface area contributed by atoms with Gasteiger partial charge in [-0.2, -0.15) is 0 Å². The van der Waals surface area contributed by atoms with Crippen LogP contribution in [0.3, 0.4) is 0 Å². The fraction of sp³-hybridized carbons (Fsp3) is 0.167. The molecule has 0 saturated carbocycles. The van der Waals surface area contributed by atoms with Crippen molar-refractivity contribution >= 4 is 16.8 Å². The largest absolute Gasteiger partial charge is 0.339 e. The predicted octanol–water partition coefficient (Wildman–Crippen LogP) is 4.59. The highest BCUT2D eigenvalue weighted by Crippen LogP contribution is 2.31. The van der Waals surface area contributed by atoms with E-state index < -0.39 is 0 Å². The SMILES string of the molecule is O=C(c1cncc(-c2ccc3nccc(-c4ccncc4)c3c2)c1)N1CCCC1. The van der Waals surface area contributed by atoms with E-state index in [2.05, 4.69) is 21.0 Å². The maximum absolute atomic E-state index is 12.8. The van der Waals surface area contributed by atoms with E-state index in [0.717, 1.165) is 59.1 Å². The molecular weight excluding hydrogens is 360 g/mol. The Hall–Kier alpha value is -3.60. The number of carbonyl (C=O) groups excluding carboxylic acids is 1. The lowest BCUT2D eigenvalue weighted by Crippen LogP contribution is -2.27. The molecule has 0 unspecified atom stereocenters. The summed E-state index contributed by atoms with van der Waals surface area (Å²) in [5, 5.41) is 1.06. The molecule has 0 bridgehead atoms. The summed E-state index contributed by atoms with van der Waals surface area (Å²) >= 11 is 0. The average Bonchev–Trinajstić information content (AvgIpc) is 3.33. The number of benzene rings is 1. The zero-order valence-corrected chi connectivity index (χ0v) is 16.0. The standard InChI is InChI=1S/C24H20N4O/c29-24(28-11-1-2-12-28)20-13-19(15-26-16-20)18-3-4-23-22(14-18)21(7-10-27-23)17-5-8-25-9-6-17/h3-10,13-16H,1-2,11-12H2. The van der Waals surface area contributed by atoms with Gasteiger partial charge in [0.15, 0.2) is 0 Å². The number of fused-ring (bicyclic) bond motifs is 1. The first-order valence-corrected chi connectivity index (χ1v) is 9.83. The molecule has 5 heteroatoms. The zero-order valence-electron chi connectivity index (χ0n) is 16.0. The van der Waals surface area contributed by atoms with E-state index in [0.29, 0.717) is 5.56 Å². The van der Waals surface area contributed by atoms with Crippen LogP contribution in [0.2, 0.25) is 0 Å². The third kappa shape index (κ3) is 3.36. The first-order chi connectivity index (χ1) is 14.3. The molecule has 5 rings (SSSR count). The molecular formula is C24H20N4O. The fourth-order valence-corrected chi connectivity index (χ4v) is 3.93. The molecule has 3 aromatic heterocycles. The lowest BCUT2D eigenvalue weighted by atomic mass is 9.98. The van der Waals surface area contributed by atoms with Crippen LogP contribution in [-0.4, -0.2) is 38.8 Å². The molecule has 0 atom stereocenters. The molecule has 0 spiro atoms. The molecule has 0 radical (unpaired) electrons. The van der Waals surface area contributed by atoms with E-state index in [1.54, 1.807) is 18.6 Å². The molecule has 5 nitrogen and oxygen atoms in total. The molecule has 1 fully saturated rings. The molecule has 0 N–H and O–H groups in total. The molecule has 1 aliphatic heterocycles. The van der Waals surface area contributed by atoms with Gasteiger partial charge in [-0.3, -0.25) is 19.7 Å². The topological polar surface area (TPSA) is 59.0 Å². The normalized spacial score (nSPS) is 13.7. The summed E-state index contributed by atoms with van der Waals surface area (Å²) in [7, 11) is 0. The Balaban J connectivity index is 1.57. The van der Waals surface area contributed by atoms with Crippen molar-refractivity contribution in [3.05, 3.63) is 79.0 Å². The number of hydrogen-bond acceptors (Lipinski definition) is 4.